The van der Waals surface area contributed by atoms with Crippen molar-refractivity contribution in [3.05, 3.63) is 11.6 Å². The van der Waals surface area contributed by atoms with Gasteiger partial charge in [0.1, 0.15) is 0 Å². The van der Waals surface area contributed by atoms with Gasteiger partial charge in [0, 0.05) is 0 Å². The van der Waals surface area contributed by atoms with Crippen molar-refractivity contribution in [1.82, 2.24) is 0 Å². The molecule has 0 N–H and O–H groups in total. The van der Waals surface area contributed by atoms with Crippen molar-refractivity contribution in [2.24, 2.45) is 5.41 Å². The fourth-order valence-electron chi connectivity index (χ4n) is 2.04. The van der Waals surface area contributed by atoms with Crippen LogP contribution in [-0.2, 0) is 0 Å². The van der Waals surface area contributed by atoms with Gasteiger partial charge in [0.15, 0.2) is 0 Å². The molecule has 0 amide bonds. The van der Waals surface area contributed by atoms with Gasteiger partial charge < -0.3 is 0 Å². The van der Waals surface area contributed by atoms with E-state index in [0.29, 0.717) is 6.08 Å². The summed E-state index contributed by atoms with van der Waals surface area (Å²) in [7, 11) is 0. The normalized spacial score (nSPS) is 19.1. The Morgan fingerprint density at radius 2 is 1.11 bits per heavy atom. The van der Waals surface area contributed by atoms with Crippen LogP contribution in [0.2, 0.25) is 0 Å². The largest absolute Gasteiger partial charge is 0.415 e. The van der Waals surface area contributed by atoms with Gasteiger partial charge in [0.25, 0.3) is 5.41 Å². The maximum absolute atomic E-state index is 12.5. The van der Waals surface area contributed by atoms with Crippen LogP contribution in [0.3, 0.4) is 0 Å². The van der Waals surface area contributed by atoms with Crippen molar-refractivity contribution in [3.8, 4) is 0 Å². The molecule has 0 unspecified atom stereocenters. The van der Waals surface area contributed by atoms with Gasteiger partial charge in [-0.25, -0.2) is 0 Å². The van der Waals surface area contributed by atoms with Crippen molar-refractivity contribution < 1.29 is 39.5 Å². The molecule has 0 fully saturated rings. The van der Waals surface area contributed by atoms with Crippen molar-refractivity contribution in [2.75, 3.05) is 0 Å². The molecule has 0 aromatic carbocycles. The molecule has 0 radical (unpaired) electrons. The zero-order valence-corrected chi connectivity index (χ0v) is 8.60. The molecule has 0 saturated heterocycles. The number of hydrogen-bond donors (Lipinski definition) is 0. The van der Waals surface area contributed by atoms with Crippen molar-refractivity contribution in [2.45, 2.75) is 37.8 Å². The Balaban J connectivity index is 3.58. The Bertz CT molecular complexity index is 304. The van der Waals surface area contributed by atoms with E-state index in [-0.39, 0.29) is 12.8 Å². The predicted molar refractivity (Wildman–Crippen MR) is 42.5 cm³/mol. The second kappa shape index (κ2) is 4.06. The number of allylic oxidation sites excluding steroid dienone is 2. The molecule has 0 heterocycles. The number of alkyl halides is 9. The molecule has 1 aliphatic rings. The van der Waals surface area contributed by atoms with Crippen LogP contribution in [0.15, 0.2) is 11.6 Å². The molecular formula is C9H7F9. The fraction of sp³-hybridized carbons (Fsp3) is 0.778. The Hall–Kier alpha value is -0.890. The van der Waals surface area contributed by atoms with Gasteiger partial charge in [0.2, 0.25) is 0 Å². The molecule has 106 valence electrons. The maximum atomic E-state index is 12.5. The molecule has 0 bridgehead atoms. The summed E-state index contributed by atoms with van der Waals surface area (Å²) in [5.74, 6) is 0. The monoisotopic (exact) mass is 286 g/mol. The Kier molecular flexibility index (Phi) is 3.42. The Morgan fingerprint density at radius 1 is 0.722 bits per heavy atom. The molecule has 0 aliphatic heterocycles. The van der Waals surface area contributed by atoms with Crippen LogP contribution in [0.25, 0.3) is 0 Å². The molecule has 0 saturated carbocycles. The van der Waals surface area contributed by atoms with E-state index >= 15 is 0 Å². The molecule has 1 aliphatic carbocycles. The second-order valence-electron chi connectivity index (χ2n) is 3.86. The summed E-state index contributed by atoms with van der Waals surface area (Å²) >= 11 is 0. The van der Waals surface area contributed by atoms with Gasteiger partial charge >= 0.3 is 18.5 Å². The molecule has 18 heavy (non-hydrogen) atoms. The number of rotatable bonds is 1. The molecule has 0 spiro atoms. The molecular weight excluding hydrogens is 279 g/mol. The van der Waals surface area contributed by atoms with E-state index in [2.05, 4.69) is 0 Å². The zero-order valence-electron chi connectivity index (χ0n) is 8.60. The summed E-state index contributed by atoms with van der Waals surface area (Å²) in [5, 5.41) is 0. The molecule has 0 aromatic rings. The summed E-state index contributed by atoms with van der Waals surface area (Å²) in [6.07, 6.45) is -20.3. The molecule has 0 atom stereocenters. The van der Waals surface area contributed by atoms with Crippen molar-refractivity contribution >= 4 is 0 Å². The van der Waals surface area contributed by atoms with Crippen LogP contribution in [0.1, 0.15) is 19.3 Å². The highest BCUT2D eigenvalue weighted by molar-refractivity contribution is 5.26. The number of halogens is 9. The van der Waals surface area contributed by atoms with Gasteiger partial charge in [-0.3, -0.25) is 0 Å². The highest BCUT2D eigenvalue weighted by atomic mass is 19.4. The minimum atomic E-state index is -6.47. The maximum Gasteiger partial charge on any atom is 0.415 e. The van der Waals surface area contributed by atoms with Crippen molar-refractivity contribution in [3.63, 3.8) is 0 Å². The molecule has 1 rings (SSSR count). The first kappa shape index (κ1) is 15.2. The lowest BCUT2D eigenvalue weighted by Crippen LogP contribution is -2.60. The third-order valence-electron chi connectivity index (χ3n) is 2.80. The van der Waals surface area contributed by atoms with Crippen LogP contribution in [0.4, 0.5) is 39.5 Å². The molecule has 0 nitrogen and oxygen atoms in total. The van der Waals surface area contributed by atoms with E-state index in [1.54, 1.807) is 0 Å². The third kappa shape index (κ3) is 1.97. The van der Waals surface area contributed by atoms with Crippen molar-refractivity contribution in [1.29, 1.82) is 0 Å². The molecule has 9 heteroatoms. The first-order valence-electron chi connectivity index (χ1n) is 4.75. The highest BCUT2D eigenvalue weighted by Gasteiger charge is 2.84. The highest BCUT2D eigenvalue weighted by Crippen LogP contribution is 2.64. The van der Waals surface area contributed by atoms with Gasteiger partial charge in [-0.15, -0.1) is 0 Å². The summed E-state index contributed by atoms with van der Waals surface area (Å²) in [6.45, 7) is 0. The van der Waals surface area contributed by atoms with E-state index in [1.165, 1.54) is 0 Å². The van der Waals surface area contributed by atoms with E-state index in [4.69, 9.17) is 0 Å². The smallest absolute Gasteiger partial charge is 0.169 e. The van der Waals surface area contributed by atoms with Crippen LogP contribution in [0, 0.1) is 5.41 Å². The first-order valence-corrected chi connectivity index (χ1v) is 4.75. The predicted octanol–water partition coefficient (Wildman–Crippen LogP) is 4.77. The van der Waals surface area contributed by atoms with Crippen LogP contribution >= 0.6 is 0 Å². The first-order chi connectivity index (χ1) is 7.86. The van der Waals surface area contributed by atoms with Crippen LogP contribution < -0.4 is 0 Å². The standard InChI is InChI=1S/C9H7F9/c10-7(11,12)6(8(13,14)15,9(16,17)18)5-3-1-2-4-5/h3H,1-2,4H2. The van der Waals surface area contributed by atoms with E-state index in [9.17, 15) is 39.5 Å². The number of hydrogen-bond acceptors (Lipinski definition) is 0. The van der Waals surface area contributed by atoms with Gasteiger partial charge in [-0.05, 0) is 24.8 Å². The second-order valence-corrected chi connectivity index (χ2v) is 3.86. The van der Waals surface area contributed by atoms with Gasteiger partial charge in [0.05, 0.1) is 0 Å². The Morgan fingerprint density at radius 3 is 1.33 bits per heavy atom. The summed E-state index contributed by atoms with van der Waals surface area (Å²) in [6, 6.07) is 0. The van der Waals surface area contributed by atoms with Crippen LogP contribution in [-0.4, -0.2) is 18.5 Å². The summed E-state index contributed by atoms with van der Waals surface area (Å²) in [5.41, 5.74) is -7.40. The molecule has 0 aromatic heterocycles. The van der Waals surface area contributed by atoms with E-state index in [1.807, 2.05) is 0 Å². The van der Waals surface area contributed by atoms with Gasteiger partial charge in [-0.2, -0.15) is 39.5 Å². The summed E-state index contributed by atoms with van der Waals surface area (Å²) < 4.78 is 113. The van der Waals surface area contributed by atoms with Gasteiger partial charge in [-0.1, -0.05) is 6.08 Å². The average Bonchev–Trinajstić information content (AvgIpc) is 2.48. The van der Waals surface area contributed by atoms with E-state index < -0.39 is 35.9 Å². The Labute approximate surface area is 95.5 Å². The summed E-state index contributed by atoms with van der Waals surface area (Å²) in [4.78, 5) is 0. The SMILES string of the molecule is FC(F)(F)C(C1=CCCC1)(C(F)(F)F)C(F)(F)F. The topological polar surface area (TPSA) is 0 Å². The minimum absolute atomic E-state index is 0.153. The van der Waals surface area contributed by atoms with E-state index in [0.717, 1.165) is 0 Å². The lowest BCUT2D eigenvalue weighted by molar-refractivity contribution is -0.411. The lowest BCUT2D eigenvalue weighted by atomic mass is 9.77. The van der Waals surface area contributed by atoms with Crippen LogP contribution in [0.5, 0.6) is 0 Å². The fourth-order valence-corrected chi connectivity index (χ4v) is 2.04. The zero-order chi connectivity index (χ0) is 14.4. The average molecular weight is 286 g/mol. The minimum Gasteiger partial charge on any atom is -0.169 e. The lowest BCUT2D eigenvalue weighted by Gasteiger charge is -2.39. The quantitative estimate of drug-likeness (QED) is 0.481. The third-order valence-corrected chi connectivity index (χ3v) is 2.80.